The average Bonchev–Trinajstić information content (AvgIpc) is 1.49. The Labute approximate surface area is 574 Å². The van der Waals surface area contributed by atoms with E-state index in [0.717, 1.165) is 152 Å². The first-order valence-electron chi connectivity index (χ1n) is 32.5. The molecule has 0 saturated heterocycles. The van der Waals surface area contributed by atoms with Crippen LogP contribution in [-0.4, -0.2) is 112 Å². The van der Waals surface area contributed by atoms with Gasteiger partial charge in [-0.15, -0.1) is 41.3 Å². The number of para-hydroxylation sites is 3. The topological polar surface area (TPSA) is 230 Å². The van der Waals surface area contributed by atoms with E-state index in [1.807, 2.05) is 179 Å². The lowest BCUT2D eigenvalue weighted by Gasteiger charge is -2.28. The monoisotopic (exact) mass is 1330 g/mol. The third-order valence-electron chi connectivity index (χ3n) is 17.9. The SMILES string of the molecule is Cc1cc(N)c(-c2nnn(-c3ccc(CCN4CCc5cnccc5C4)cc3)n2)cc1C.Cc1cc(NC(=O)c2cnc3ccccc3c2)c(-c2nnn(-c3ccc(CCN4CCc5cnccc5C4)cc3)n2)cc1C.O=C(Sc1nc2ccccc2s1)c1cnc2ccccc2c1. The number of carbonyl (C=O) groups is 2. The van der Waals surface area contributed by atoms with Gasteiger partial charge in [0.1, 0.15) is 0 Å². The third-order valence-corrected chi connectivity index (χ3v) is 20.0. The number of nitrogens with one attached hydrogen (secondary N) is 1. The van der Waals surface area contributed by atoms with Crippen LogP contribution >= 0.6 is 23.1 Å². The van der Waals surface area contributed by atoms with Crippen molar-refractivity contribution in [3.8, 4) is 34.2 Å². The molecule has 21 heteroatoms. The van der Waals surface area contributed by atoms with Crippen LogP contribution in [0.25, 0.3) is 66.2 Å². The Morgan fingerprint density at radius 1 is 0.531 bits per heavy atom. The molecule has 486 valence electrons. The molecule has 19 nitrogen and oxygen atoms in total. The molecule has 0 radical (unpaired) electrons. The molecular formula is C77H69N17O2S2. The van der Waals surface area contributed by atoms with Gasteiger partial charge in [0.25, 0.3) is 5.91 Å². The number of benzene rings is 7. The van der Waals surface area contributed by atoms with Gasteiger partial charge in [0.05, 0.1) is 43.9 Å². The van der Waals surface area contributed by atoms with Crippen LogP contribution in [0.1, 0.15) is 76.4 Å². The van der Waals surface area contributed by atoms with Crippen LogP contribution in [0, 0.1) is 27.7 Å². The van der Waals surface area contributed by atoms with E-state index >= 15 is 0 Å². The number of tetrazole rings is 2. The van der Waals surface area contributed by atoms with Crippen molar-refractivity contribution in [1.29, 1.82) is 0 Å². The van der Waals surface area contributed by atoms with Crippen molar-refractivity contribution in [2.24, 2.45) is 0 Å². The molecule has 3 N–H and O–H groups in total. The maximum Gasteiger partial charge on any atom is 0.257 e. The molecule has 7 aromatic carbocycles. The Morgan fingerprint density at radius 2 is 1.03 bits per heavy atom. The standard InChI is InChI=1S/C35H32N8O.C25H27N7.C17H10N2OS2/c1-23-17-31(33(18-24(23)2)38-35(44)29-19-26-5-3-4-6-32(26)37-21-29)34-39-41-43(40-34)30-9-7-25(8-10-30)12-15-42-16-13-27-20-36-14-11-28(27)22-42;1-17-13-23(24(26)14-18(17)2)25-28-30-32(29-25)22-5-3-19(4-6-22)8-11-31-12-9-20-15-27-10-7-21(20)16-31;20-16(12-9-11-5-1-2-6-13(11)18-10-12)22-17-19-14-7-3-4-8-15(14)21-17/h3-11,14,17-21H,12-13,15-16,22H2,1-2H3,(H,38,44);3-7,10,13-15H,8-9,11-12,16,26H2,1-2H3;1-10H. The van der Waals surface area contributed by atoms with Gasteiger partial charge in [-0.2, -0.15) is 0 Å². The number of anilines is 2. The number of carbonyl (C=O) groups excluding carboxylic acids is 2. The van der Waals surface area contributed by atoms with Gasteiger partial charge in [-0.1, -0.05) is 72.8 Å². The average molecular weight is 1330 g/mol. The van der Waals surface area contributed by atoms with E-state index in [0.29, 0.717) is 39.7 Å². The van der Waals surface area contributed by atoms with E-state index in [1.165, 1.54) is 49.5 Å². The molecular weight excluding hydrogens is 1260 g/mol. The van der Waals surface area contributed by atoms with E-state index < -0.39 is 0 Å². The second kappa shape index (κ2) is 29.1. The molecule has 1 amide bonds. The summed E-state index contributed by atoms with van der Waals surface area (Å²) in [5, 5.41) is 31.3. The van der Waals surface area contributed by atoms with Crippen LogP contribution in [-0.2, 0) is 38.8 Å². The Morgan fingerprint density at radius 3 is 1.61 bits per heavy atom. The second-order valence-electron chi connectivity index (χ2n) is 24.6. The molecule has 0 spiro atoms. The summed E-state index contributed by atoms with van der Waals surface area (Å²) < 4.78 is 1.86. The van der Waals surface area contributed by atoms with Gasteiger partial charge in [-0.05, 0) is 228 Å². The molecule has 0 bridgehead atoms. The summed E-state index contributed by atoms with van der Waals surface area (Å²) in [6.07, 6.45) is 15.1. The Balaban J connectivity index is 0.000000133. The number of rotatable bonds is 14. The lowest BCUT2D eigenvalue weighted by molar-refractivity contribution is 0.102. The first-order valence-corrected chi connectivity index (χ1v) is 34.1. The summed E-state index contributed by atoms with van der Waals surface area (Å²) >= 11 is 2.69. The Bertz CT molecular complexity index is 5190. The number of fused-ring (bicyclic) bond motifs is 5. The molecule has 0 aliphatic carbocycles. The maximum atomic E-state index is 13.3. The number of nitrogen functional groups attached to an aromatic ring is 1. The van der Waals surface area contributed by atoms with E-state index in [-0.39, 0.29) is 11.0 Å². The summed E-state index contributed by atoms with van der Waals surface area (Å²) in [6.45, 7) is 14.3. The van der Waals surface area contributed by atoms with Crippen LogP contribution in [0.3, 0.4) is 0 Å². The summed E-state index contributed by atoms with van der Waals surface area (Å²) in [5.74, 6) is 0.724. The number of nitrogens with two attached hydrogens (primary N) is 1. The fourth-order valence-electron chi connectivity index (χ4n) is 12.0. The minimum atomic E-state index is -0.249. The van der Waals surface area contributed by atoms with Gasteiger partial charge in [0.15, 0.2) is 4.34 Å². The van der Waals surface area contributed by atoms with Gasteiger partial charge in [0.2, 0.25) is 16.8 Å². The maximum absolute atomic E-state index is 13.3. The van der Waals surface area contributed by atoms with Crippen molar-refractivity contribution in [3.63, 3.8) is 0 Å². The predicted molar refractivity (Wildman–Crippen MR) is 388 cm³/mol. The molecule has 16 rings (SSSR count). The molecule has 2 aliphatic rings. The van der Waals surface area contributed by atoms with Crippen molar-refractivity contribution in [1.82, 2.24) is 75.1 Å². The van der Waals surface area contributed by atoms with Crippen molar-refractivity contribution in [3.05, 3.63) is 274 Å². The van der Waals surface area contributed by atoms with Crippen LogP contribution in [0.15, 0.2) is 211 Å². The summed E-state index contributed by atoms with van der Waals surface area (Å²) in [4.78, 5) is 55.6. The van der Waals surface area contributed by atoms with Gasteiger partial charge < -0.3 is 11.1 Å². The van der Waals surface area contributed by atoms with Crippen LogP contribution in [0.2, 0.25) is 0 Å². The zero-order valence-electron chi connectivity index (χ0n) is 54.6. The summed E-state index contributed by atoms with van der Waals surface area (Å²) in [6, 6.07) is 56.0. The minimum Gasteiger partial charge on any atom is -0.398 e. The number of thiazole rings is 1. The van der Waals surface area contributed by atoms with E-state index in [1.54, 1.807) is 17.2 Å². The smallest absolute Gasteiger partial charge is 0.257 e. The highest BCUT2D eigenvalue weighted by Crippen LogP contribution is 2.34. The van der Waals surface area contributed by atoms with Gasteiger partial charge in [0, 0.05) is 110 Å². The quantitative estimate of drug-likeness (QED) is 0.0761. The highest BCUT2D eigenvalue weighted by molar-refractivity contribution is 8.15. The second-order valence-corrected chi connectivity index (χ2v) is 26.9. The van der Waals surface area contributed by atoms with Crippen LogP contribution in [0.4, 0.5) is 11.4 Å². The number of nitrogens with zero attached hydrogens (tertiary/aromatic N) is 15. The normalized spacial score (nSPS) is 12.9. The molecule has 0 unspecified atom stereocenters. The van der Waals surface area contributed by atoms with Crippen molar-refractivity contribution >= 4 is 77.5 Å². The highest BCUT2D eigenvalue weighted by atomic mass is 32.2. The van der Waals surface area contributed by atoms with Crippen molar-refractivity contribution in [2.45, 2.75) is 70.8 Å². The van der Waals surface area contributed by atoms with E-state index in [2.05, 4.69) is 109 Å². The molecule has 0 atom stereocenters. The highest BCUT2D eigenvalue weighted by Gasteiger charge is 2.21. The van der Waals surface area contributed by atoms with Gasteiger partial charge in [-0.25, -0.2) is 4.98 Å². The number of amides is 1. The van der Waals surface area contributed by atoms with Crippen LogP contribution < -0.4 is 11.1 Å². The summed E-state index contributed by atoms with van der Waals surface area (Å²) in [5.41, 5.74) is 27.0. The lowest BCUT2D eigenvalue weighted by atomic mass is 10.0. The van der Waals surface area contributed by atoms with Crippen LogP contribution in [0.5, 0.6) is 0 Å². The van der Waals surface area contributed by atoms with Gasteiger partial charge in [-0.3, -0.25) is 39.3 Å². The number of hydrogen-bond acceptors (Lipinski definition) is 18. The molecule has 9 heterocycles. The fourth-order valence-corrected chi connectivity index (χ4v) is 13.9. The zero-order chi connectivity index (χ0) is 67.1. The third kappa shape index (κ3) is 15.0. The minimum absolute atomic E-state index is 0.0303. The molecule has 0 fully saturated rings. The Kier molecular flexibility index (Phi) is 19.1. The fraction of sp³-hybridized carbons (Fsp3) is 0.182. The first-order chi connectivity index (χ1) is 47.9. The van der Waals surface area contributed by atoms with Gasteiger partial charge >= 0.3 is 0 Å². The lowest BCUT2D eigenvalue weighted by Crippen LogP contribution is -2.32. The van der Waals surface area contributed by atoms with Crippen molar-refractivity contribution < 1.29 is 9.59 Å². The molecule has 7 aromatic heterocycles. The number of aryl methyl sites for hydroxylation is 4. The molecule has 0 saturated carbocycles. The molecule has 2 aliphatic heterocycles. The number of hydrogen-bond donors (Lipinski definition) is 2. The molecule has 98 heavy (non-hydrogen) atoms. The largest absolute Gasteiger partial charge is 0.398 e. The van der Waals surface area contributed by atoms with E-state index in [4.69, 9.17) is 10.8 Å². The Hall–Kier alpha value is -11.1. The van der Waals surface area contributed by atoms with E-state index in [9.17, 15) is 9.59 Å². The zero-order valence-corrected chi connectivity index (χ0v) is 56.3. The number of aromatic nitrogens is 13. The summed E-state index contributed by atoms with van der Waals surface area (Å²) in [7, 11) is 0. The molecule has 14 aromatic rings. The number of thioether (sulfide) groups is 1. The predicted octanol–water partition coefficient (Wildman–Crippen LogP) is 14.0. The number of pyridine rings is 4. The first kappa shape index (κ1) is 64.3. The van der Waals surface area contributed by atoms with Crippen molar-refractivity contribution in [2.75, 3.05) is 37.2 Å².